The van der Waals surface area contributed by atoms with Crippen molar-refractivity contribution < 1.29 is 14.3 Å². The molecule has 5 nitrogen and oxygen atoms in total. The molecule has 114 valence electrons. The van der Waals surface area contributed by atoms with Crippen LogP contribution in [0.3, 0.4) is 0 Å². The summed E-state index contributed by atoms with van der Waals surface area (Å²) in [7, 11) is 1.34. The summed E-state index contributed by atoms with van der Waals surface area (Å²) in [5, 5.41) is 2.77. The van der Waals surface area contributed by atoms with Gasteiger partial charge in [0, 0.05) is 18.9 Å². The Morgan fingerprint density at radius 2 is 1.91 bits per heavy atom. The number of benzene rings is 1. The molecule has 0 aliphatic rings. The van der Waals surface area contributed by atoms with E-state index < -0.39 is 11.4 Å². The second-order valence-electron chi connectivity index (χ2n) is 5.11. The van der Waals surface area contributed by atoms with Gasteiger partial charge in [-0.05, 0) is 24.6 Å². The van der Waals surface area contributed by atoms with Gasteiger partial charge in [-0.3, -0.25) is 14.6 Å². The molecule has 1 aromatic carbocycles. The number of pyridine rings is 1. The standard InChI is InChI=1S/C17H18N2O3/c1-17(16(21)22-2,14-8-4-3-5-9-14)12-19-15(20)13-7-6-10-18-11-13/h3-11H,12H2,1-2H3,(H,19,20)/t17-/m0/s1. The van der Waals surface area contributed by atoms with E-state index in [0.717, 1.165) is 5.56 Å². The van der Waals surface area contributed by atoms with Crippen LogP contribution >= 0.6 is 0 Å². The number of rotatable bonds is 5. The second kappa shape index (κ2) is 6.85. The van der Waals surface area contributed by atoms with Gasteiger partial charge in [0.05, 0.1) is 12.7 Å². The molecule has 0 aliphatic carbocycles. The molecule has 1 heterocycles. The van der Waals surface area contributed by atoms with Crippen LogP contribution in [0.15, 0.2) is 54.9 Å². The Hall–Kier alpha value is -2.69. The molecule has 2 rings (SSSR count). The van der Waals surface area contributed by atoms with Gasteiger partial charge in [0.1, 0.15) is 5.41 Å². The second-order valence-corrected chi connectivity index (χ2v) is 5.11. The number of esters is 1. The number of nitrogens with one attached hydrogen (secondary N) is 1. The van der Waals surface area contributed by atoms with Gasteiger partial charge in [0.15, 0.2) is 0 Å². The van der Waals surface area contributed by atoms with Crippen LogP contribution in [0.2, 0.25) is 0 Å². The zero-order chi connectivity index (χ0) is 16.0. The zero-order valence-electron chi connectivity index (χ0n) is 12.6. The number of methoxy groups -OCH3 is 1. The lowest BCUT2D eigenvalue weighted by Gasteiger charge is -2.27. The minimum Gasteiger partial charge on any atom is -0.468 e. The predicted octanol–water partition coefficient (Wildman–Crippen LogP) is 1.94. The first kappa shape index (κ1) is 15.7. The lowest BCUT2D eigenvalue weighted by atomic mass is 9.82. The maximum absolute atomic E-state index is 12.2. The summed E-state index contributed by atoms with van der Waals surface area (Å²) >= 11 is 0. The summed E-state index contributed by atoms with van der Waals surface area (Å²) in [5.74, 6) is -0.677. The molecule has 0 aliphatic heterocycles. The molecule has 0 unspecified atom stereocenters. The third-order valence-electron chi connectivity index (χ3n) is 3.57. The van der Waals surface area contributed by atoms with E-state index in [0.29, 0.717) is 5.56 Å². The molecule has 1 aromatic heterocycles. The van der Waals surface area contributed by atoms with Crippen LogP contribution in [0.4, 0.5) is 0 Å². The molecule has 0 saturated heterocycles. The zero-order valence-corrected chi connectivity index (χ0v) is 12.6. The van der Waals surface area contributed by atoms with Crippen molar-refractivity contribution in [1.29, 1.82) is 0 Å². The molecule has 2 aromatic rings. The number of amides is 1. The number of aromatic nitrogens is 1. The molecular weight excluding hydrogens is 280 g/mol. The minimum atomic E-state index is -0.951. The normalized spacial score (nSPS) is 13.0. The molecule has 1 amide bonds. The van der Waals surface area contributed by atoms with Crippen molar-refractivity contribution in [3.05, 3.63) is 66.0 Å². The van der Waals surface area contributed by atoms with Crippen LogP contribution in [0, 0.1) is 0 Å². The summed E-state index contributed by atoms with van der Waals surface area (Å²) in [4.78, 5) is 28.2. The predicted molar refractivity (Wildman–Crippen MR) is 82.4 cm³/mol. The molecule has 0 fully saturated rings. The Balaban J connectivity index is 2.18. The Labute approximate surface area is 129 Å². The Kier molecular flexibility index (Phi) is 4.88. The van der Waals surface area contributed by atoms with Gasteiger partial charge < -0.3 is 10.1 Å². The van der Waals surface area contributed by atoms with Crippen LogP contribution in [-0.4, -0.2) is 30.5 Å². The van der Waals surface area contributed by atoms with Gasteiger partial charge >= 0.3 is 5.97 Å². The van der Waals surface area contributed by atoms with Crippen LogP contribution in [0.1, 0.15) is 22.8 Å². The highest BCUT2D eigenvalue weighted by atomic mass is 16.5. The van der Waals surface area contributed by atoms with Gasteiger partial charge in [-0.15, -0.1) is 0 Å². The third-order valence-corrected chi connectivity index (χ3v) is 3.57. The first-order valence-electron chi connectivity index (χ1n) is 6.90. The highest BCUT2D eigenvalue weighted by molar-refractivity contribution is 5.94. The maximum atomic E-state index is 12.2. The SMILES string of the molecule is COC(=O)[C@@](C)(CNC(=O)c1cccnc1)c1ccccc1. The van der Waals surface area contributed by atoms with Crippen molar-refractivity contribution in [3.63, 3.8) is 0 Å². The van der Waals surface area contributed by atoms with E-state index in [2.05, 4.69) is 10.3 Å². The van der Waals surface area contributed by atoms with Crippen LogP contribution in [0.5, 0.6) is 0 Å². The van der Waals surface area contributed by atoms with Crippen LogP contribution in [0.25, 0.3) is 0 Å². The van der Waals surface area contributed by atoms with Gasteiger partial charge in [0.2, 0.25) is 0 Å². The summed E-state index contributed by atoms with van der Waals surface area (Å²) in [5.41, 5.74) is 0.282. The summed E-state index contributed by atoms with van der Waals surface area (Å²) in [6.45, 7) is 1.88. The average molecular weight is 298 g/mol. The first-order valence-corrected chi connectivity index (χ1v) is 6.90. The lowest BCUT2D eigenvalue weighted by molar-refractivity contribution is -0.146. The van der Waals surface area contributed by atoms with Crippen molar-refractivity contribution in [2.24, 2.45) is 0 Å². The highest BCUT2D eigenvalue weighted by Gasteiger charge is 2.36. The van der Waals surface area contributed by atoms with Crippen molar-refractivity contribution in [3.8, 4) is 0 Å². The molecular formula is C17H18N2O3. The van der Waals surface area contributed by atoms with Crippen molar-refractivity contribution in [2.45, 2.75) is 12.3 Å². The maximum Gasteiger partial charge on any atom is 0.317 e. The third kappa shape index (κ3) is 3.31. The van der Waals surface area contributed by atoms with E-state index in [9.17, 15) is 9.59 Å². The van der Waals surface area contributed by atoms with Gasteiger partial charge in [-0.2, -0.15) is 0 Å². The van der Waals surface area contributed by atoms with E-state index in [1.807, 2.05) is 30.3 Å². The van der Waals surface area contributed by atoms with E-state index in [1.54, 1.807) is 25.3 Å². The minimum absolute atomic E-state index is 0.136. The topological polar surface area (TPSA) is 68.3 Å². The molecule has 22 heavy (non-hydrogen) atoms. The van der Waals surface area contributed by atoms with Gasteiger partial charge in [-0.25, -0.2) is 0 Å². The van der Waals surface area contributed by atoms with Gasteiger partial charge in [0.25, 0.3) is 5.91 Å². The Morgan fingerprint density at radius 1 is 1.18 bits per heavy atom. The number of ether oxygens (including phenoxy) is 1. The van der Waals surface area contributed by atoms with Crippen molar-refractivity contribution >= 4 is 11.9 Å². The quantitative estimate of drug-likeness (QED) is 0.857. The fraction of sp³-hybridized carbons (Fsp3) is 0.235. The first-order chi connectivity index (χ1) is 10.6. The number of hydrogen-bond donors (Lipinski definition) is 1. The molecule has 1 atom stereocenters. The average Bonchev–Trinajstić information content (AvgIpc) is 2.60. The van der Waals surface area contributed by atoms with E-state index >= 15 is 0 Å². The largest absolute Gasteiger partial charge is 0.468 e. The van der Waals surface area contributed by atoms with Crippen molar-refractivity contribution in [1.82, 2.24) is 10.3 Å². The molecule has 0 spiro atoms. The summed E-state index contributed by atoms with van der Waals surface area (Å²) in [6, 6.07) is 12.6. The van der Waals surface area contributed by atoms with Crippen molar-refractivity contribution in [2.75, 3.05) is 13.7 Å². The Bertz CT molecular complexity index is 643. The van der Waals surface area contributed by atoms with E-state index in [4.69, 9.17) is 4.74 Å². The molecule has 5 heteroatoms. The van der Waals surface area contributed by atoms with E-state index in [-0.39, 0.29) is 12.5 Å². The van der Waals surface area contributed by atoms with Crippen LogP contribution < -0.4 is 5.32 Å². The number of nitrogens with zero attached hydrogens (tertiary/aromatic N) is 1. The molecule has 0 radical (unpaired) electrons. The lowest BCUT2D eigenvalue weighted by Crippen LogP contribution is -2.45. The number of carbonyl (C=O) groups excluding carboxylic acids is 2. The smallest absolute Gasteiger partial charge is 0.317 e. The molecule has 0 saturated carbocycles. The number of carbonyl (C=O) groups is 2. The fourth-order valence-electron chi connectivity index (χ4n) is 2.18. The molecule has 1 N–H and O–H groups in total. The highest BCUT2D eigenvalue weighted by Crippen LogP contribution is 2.24. The van der Waals surface area contributed by atoms with Gasteiger partial charge in [-0.1, -0.05) is 30.3 Å². The number of hydrogen-bond acceptors (Lipinski definition) is 4. The van der Waals surface area contributed by atoms with E-state index in [1.165, 1.54) is 13.3 Å². The Morgan fingerprint density at radius 3 is 2.50 bits per heavy atom. The summed E-state index contributed by atoms with van der Waals surface area (Å²) < 4.78 is 4.91. The summed E-state index contributed by atoms with van der Waals surface area (Å²) in [6.07, 6.45) is 3.08. The molecule has 0 bridgehead atoms. The monoisotopic (exact) mass is 298 g/mol. The fourth-order valence-corrected chi connectivity index (χ4v) is 2.18. The van der Waals surface area contributed by atoms with Crippen LogP contribution in [-0.2, 0) is 14.9 Å².